The second kappa shape index (κ2) is 31.5. The number of carbonyl (C=O) groups excluding carboxylic acids is 4. The minimum absolute atomic E-state index is 0.0131. The van der Waals surface area contributed by atoms with Gasteiger partial charge in [-0.3, -0.25) is 23.9 Å². The molecule has 2 saturated carbocycles. The van der Waals surface area contributed by atoms with Crippen molar-refractivity contribution in [3.63, 3.8) is 0 Å². The summed E-state index contributed by atoms with van der Waals surface area (Å²) in [5.41, 5.74) is 3.38. The molecule has 2 aliphatic carbocycles. The number of urea groups is 2. The minimum atomic E-state index is -0.335. The number of halogens is 2. The molecule has 6 amide bonds. The number of para-hydroxylation sites is 1. The van der Waals surface area contributed by atoms with Gasteiger partial charge < -0.3 is 39.9 Å². The number of amides is 6. The molecule has 0 bridgehead atoms. The first-order chi connectivity index (χ1) is 43.9. The summed E-state index contributed by atoms with van der Waals surface area (Å²) in [5.74, 6) is 1.70. The lowest BCUT2D eigenvalue weighted by atomic mass is 9.63. The molecule has 0 radical (unpaired) electrons. The largest absolute Gasteiger partial charge is 0.378 e. The first-order valence-electron chi connectivity index (χ1n) is 33.8. The maximum absolute atomic E-state index is 14.3. The summed E-state index contributed by atoms with van der Waals surface area (Å²) >= 11 is 12.4. The van der Waals surface area contributed by atoms with E-state index < -0.39 is 0 Å². The van der Waals surface area contributed by atoms with Gasteiger partial charge in [-0.25, -0.2) is 19.6 Å². The zero-order valence-electron chi connectivity index (χ0n) is 53.0. The van der Waals surface area contributed by atoms with Gasteiger partial charge in [0.25, 0.3) is 0 Å². The third-order valence-electron chi connectivity index (χ3n) is 21.4. The normalized spacial score (nSPS) is 21.3. The number of aromatic nitrogens is 6. The fourth-order valence-electron chi connectivity index (χ4n) is 16.0. The molecular formula is C69H96Cl2N14O5. The Morgan fingerprint density at radius 1 is 0.522 bits per heavy atom. The monoisotopic (exact) mass is 1270 g/mol. The van der Waals surface area contributed by atoms with Crippen molar-refractivity contribution >= 4 is 52.8 Å². The van der Waals surface area contributed by atoms with Crippen molar-refractivity contribution in [2.45, 2.75) is 166 Å². The number of anilines is 1. The quantitative estimate of drug-likeness (QED) is 0.0904. The predicted octanol–water partition coefficient (Wildman–Crippen LogP) is 10.3. The topological polar surface area (TPSA) is 182 Å². The van der Waals surface area contributed by atoms with Crippen molar-refractivity contribution in [3.8, 4) is 0 Å². The van der Waals surface area contributed by atoms with Gasteiger partial charge in [-0.15, -0.1) is 0 Å². The molecule has 3 aromatic carbocycles. The van der Waals surface area contributed by atoms with Crippen LogP contribution in [0.1, 0.15) is 127 Å². The number of hydrogen-bond acceptors (Lipinski definition) is 11. The highest BCUT2D eigenvalue weighted by Gasteiger charge is 2.46. The molecule has 12 rings (SSSR count). The molecule has 0 unspecified atom stereocenters. The number of nitrogens with one attached hydrogen (secondary N) is 2. The summed E-state index contributed by atoms with van der Waals surface area (Å²) in [7, 11) is 1.83. The van der Waals surface area contributed by atoms with Crippen LogP contribution in [0.15, 0.2) is 104 Å². The number of ether oxygens (including phenoxy) is 1. The third-order valence-corrected chi connectivity index (χ3v) is 21.9. The molecule has 2 aromatic heterocycles. The van der Waals surface area contributed by atoms with Crippen molar-refractivity contribution in [1.82, 2.24) is 64.7 Å². The lowest BCUT2D eigenvalue weighted by molar-refractivity contribution is -0.138. The summed E-state index contributed by atoms with van der Waals surface area (Å²) in [6.45, 7) is 10.1. The van der Waals surface area contributed by atoms with Crippen LogP contribution in [-0.2, 0) is 40.3 Å². The third kappa shape index (κ3) is 16.9. The molecule has 21 heteroatoms. The molecule has 90 heavy (non-hydrogen) atoms. The van der Waals surface area contributed by atoms with E-state index in [0.717, 1.165) is 107 Å². The molecule has 7 fully saturated rings. The Labute approximate surface area is 542 Å². The van der Waals surface area contributed by atoms with E-state index in [4.69, 9.17) is 27.9 Å². The number of likely N-dealkylation sites (tertiary alicyclic amines) is 4. The second-order valence-electron chi connectivity index (χ2n) is 26.9. The molecule has 0 spiro atoms. The number of carbonyl (C=O) groups is 4. The zero-order valence-corrected chi connectivity index (χ0v) is 54.5. The minimum Gasteiger partial charge on any atom is -0.378 e. The molecule has 5 aromatic rings. The fourth-order valence-corrected chi connectivity index (χ4v) is 16.3. The Hall–Kier alpha value is -6.12. The highest BCUT2D eigenvalue weighted by molar-refractivity contribution is 6.30. The lowest BCUT2D eigenvalue weighted by Gasteiger charge is -2.48. The van der Waals surface area contributed by atoms with Crippen molar-refractivity contribution in [1.29, 1.82) is 0 Å². The highest BCUT2D eigenvalue weighted by atomic mass is 35.5. The summed E-state index contributed by atoms with van der Waals surface area (Å²) in [4.78, 5) is 74.9. The van der Waals surface area contributed by atoms with Gasteiger partial charge in [0.05, 0.1) is 25.3 Å². The van der Waals surface area contributed by atoms with Crippen LogP contribution in [0.25, 0.3) is 0 Å². The molecule has 5 aliphatic heterocycles. The first kappa shape index (κ1) is 65.4. The molecule has 7 aliphatic rings. The van der Waals surface area contributed by atoms with Crippen LogP contribution in [-0.4, -0.2) is 188 Å². The molecule has 5 saturated heterocycles. The summed E-state index contributed by atoms with van der Waals surface area (Å²) in [6.07, 6.45) is 28.4. The molecular weight excluding hydrogens is 1180 g/mol. The SMILES string of the molecule is CN(C(=O)N1CCC(N[C@H](Cc2ccc(Cl)cc2)C(=O)N2CCC(Cn3cncn3)(C3CCCCC3)CC2)CC1)c1ccccc1.O=C([C@@H](Cc1ccc(Cl)cc1)NC1CCN(C(=O)N2CCOCC2)CC1)N1CCC(Cn2cncn2)(C2CCCCC2)CC1. The van der Waals surface area contributed by atoms with Gasteiger partial charge in [0.15, 0.2) is 0 Å². The maximum atomic E-state index is 14.3. The molecule has 7 heterocycles. The van der Waals surface area contributed by atoms with Gasteiger partial charge in [-0.2, -0.15) is 10.2 Å². The number of piperidine rings is 4. The van der Waals surface area contributed by atoms with Crippen LogP contribution < -0.4 is 15.5 Å². The van der Waals surface area contributed by atoms with E-state index in [2.05, 4.69) is 40.6 Å². The van der Waals surface area contributed by atoms with Gasteiger partial charge in [0.2, 0.25) is 11.8 Å². The van der Waals surface area contributed by atoms with Gasteiger partial charge in [0, 0.05) is 113 Å². The Kier molecular flexibility index (Phi) is 22.9. The van der Waals surface area contributed by atoms with E-state index >= 15 is 0 Å². The van der Waals surface area contributed by atoms with Crippen molar-refractivity contribution in [3.05, 3.63) is 125 Å². The number of benzene rings is 3. The summed E-state index contributed by atoms with van der Waals surface area (Å²) < 4.78 is 9.43. The number of rotatable bonds is 17. The van der Waals surface area contributed by atoms with Crippen molar-refractivity contribution in [2.24, 2.45) is 22.7 Å². The number of nitrogens with zero attached hydrogens (tertiary/aromatic N) is 12. The maximum Gasteiger partial charge on any atom is 0.324 e. The van der Waals surface area contributed by atoms with E-state index in [9.17, 15) is 19.2 Å². The second-order valence-corrected chi connectivity index (χ2v) is 27.8. The van der Waals surface area contributed by atoms with Crippen LogP contribution >= 0.6 is 23.2 Å². The highest BCUT2D eigenvalue weighted by Crippen LogP contribution is 2.48. The number of morpholine rings is 1. The average molecular weight is 1270 g/mol. The number of hydrogen-bond donors (Lipinski definition) is 2. The van der Waals surface area contributed by atoms with Gasteiger partial charge in [-0.1, -0.05) is 104 Å². The fraction of sp³-hybridized carbons (Fsp3) is 0.623. The van der Waals surface area contributed by atoms with Gasteiger partial charge in [-0.05, 0) is 160 Å². The van der Waals surface area contributed by atoms with Gasteiger partial charge in [0.1, 0.15) is 25.3 Å². The summed E-state index contributed by atoms with van der Waals surface area (Å²) in [5, 5.41) is 17.8. The van der Waals surface area contributed by atoms with Gasteiger partial charge >= 0.3 is 12.1 Å². The first-order valence-corrected chi connectivity index (χ1v) is 34.6. The molecule has 2 atom stereocenters. The standard InChI is InChI=1S/C36H48ClN7O2.C33H48ClN7O3/c1-41(32-10-6-3-7-11-32)35(46)43-20-16-31(17-21-43)40-33(24-28-12-14-30(37)15-13-28)34(45)42-22-18-36(19-23-42,25-44-27-38-26-39-44)29-8-4-2-5-9-29;34-28-8-6-26(7-9-28)22-30(37-29-10-14-39(15-11-29)32(43)40-18-20-44-21-19-40)31(42)38-16-12-33(13-17-38,23-41-25-35-24-36-41)27-4-2-1-3-5-27/h3,6-7,10-15,26-27,29,31,33,40H,2,4-5,8-9,16-25H2,1H3;6-9,24-25,27,29-30,37H,1-5,10-23H2/t33-;30-/m11/s1. The molecule has 2 N–H and O–H groups in total. The average Bonchev–Trinajstić information content (AvgIpc) is 1.19. The Balaban J connectivity index is 0.000000185. The van der Waals surface area contributed by atoms with E-state index in [1.165, 1.54) is 64.2 Å². The zero-order chi connectivity index (χ0) is 62.3. The van der Waals surface area contributed by atoms with E-state index in [1.54, 1.807) is 17.6 Å². The van der Waals surface area contributed by atoms with Crippen LogP contribution in [0.3, 0.4) is 0 Å². The van der Waals surface area contributed by atoms with Crippen LogP contribution in [0.5, 0.6) is 0 Å². The summed E-state index contributed by atoms with van der Waals surface area (Å²) in [6, 6.07) is 25.3. The van der Waals surface area contributed by atoms with E-state index in [0.29, 0.717) is 87.2 Å². The lowest BCUT2D eigenvalue weighted by Crippen LogP contribution is -2.57. The van der Waals surface area contributed by atoms with Crippen molar-refractivity contribution < 1.29 is 23.9 Å². The Morgan fingerprint density at radius 3 is 1.34 bits per heavy atom. The van der Waals surface area contributed by atoms with Crippen molar-refractivity contribution in [2.75, 3.05) is 90.6 Å². The molecule has 486 valence electrons. The van der Waals surface area contributed by atoms with Crippen LogP contribution in [0.4, 0.5) is 15.3 Å². The molecule has 19 nitrogen and oxygen atoms in total. The predicted molar refractivity (Wildman–Crippen MR) is 351 cm³/mol. The Morgan fingerprint density at radius 2 is 0.933 bits per heavy atom. The van der Waals surface area contributed by atoms with Crippen LogP contribution in [0, 0.1) is 22.7 Å². The van der Waals surface area contributed by atoms with E-state index in [1.807, 2.05) is 123 Å². The smallest absolute Gasteiger partial charge is 0.324 e. The van der Waals surface area contributed by atoms with E-state index in [-0.39, 0.29) is 58.9 Å². The van der Waals surface area contributed by atoms with Crippen LogP contribution in [0.2, 0.25) is 10.0 Å². The Bertz CT molecular complexity index is 3000.